The van der Waals surface area contributed by atoms with Crippen molar-refractivity contribution in [3.8, 4) is 5.69 Å². The Hall–Kier alpha value is -2.34. The van der Waals surface area contributed by atoms with E-state index in [9.17, 15) is 0 Å². The Morgan fingerprint density at radius 1 is 1.07 bits per heavy atom. The number of hydrogen-bond acceptors (Lipinski definition) is 3. The summed E-state index contributed by atoms with van der Waals surface area (Å²) in [4.78, 5) is 6.83. The molecule has 0 aliphatic rings. The lowest BCUT2D eigenvalue weighted by Gasteiger charge is -2.30. The molecule has 0 bridgehead atoms. The molecule has 2 N–H and O–H groups in total. The zero-order valence-corrected chi connectivity index (χ0v) is 18.5. The second-order valence-corrected chi connectivity index (χ2v) is 7.67. The van der Waals surface area contributed by atoms with Crippen LogP contribution in [-0.2, 0) is 6.54 Å². The van der Waals surface area contributed by atoms with Crippen molar-refractivity contribution < 1.29 is 0 Å². The van der Waals surface area contributed by atoms with Crippen molar-refractivity contribution in [3.63, 3.8) is 0 Å². The number of para-hydroxylation sites is 1. The number of aromatic nitrogens is 2. The maximum Gasteiger partial charge on any atom is 0.191 e. The van der Waals surface area contributed by atoms with Gasteiger partial charge in [0.15, 0.2) is 5.96 Å². The normalized spacial score (nSPS) is 12.3. The fourth-order valence-electron chi connectivity index (χ4n) is 3.56. The fraction of sp³-hybridized carbons (Fsp3) is 0.545. The molecule has 0 unspecified atom stereocenters. The monoisotopic (exact) mass is 384 g/mol. The van der Waals surface area contributed by atoms with Crippen molar-refractivity contribution >= 4 is 5.96 Å². The summed E-state index contributed by atoms with van der Waals surface area (Å²) in [5, 5.41) is 11.6. The summed E-state index contributed by atoms with van der Waals surface area (Å²) in [7, 11) is 1.81. The quantitative estimate of drug-likeness (QED) is 0.542. The van der Waals surface area contributed by atoms with Gasteiger partial charge in [-0.2, -0.15) is 5.10 Å². The molecule has 6 heteroatoms. The van der Waals surface area contributed by atoms with Gasteiger partial charge in [0.1, 0.15) is 0 Å². The fourth-order valence-corrected chi connectivity index (χ4v) is 3.56. The van der Waals surface area contributed by atoms with Gasteiger partial charge in [0.05, 0.1) is 11.4 Å². The molecule has 1 heterocycles. The number of nitrogens with one attached hydrogen (secondary N) is 2. The molecule has 2 aromatic rings. The first-order valence-corrected chi connectivity index (χ1v) is 10.2. The number of aliphatic imine (C=N–C) groups is 1. The molecule has 1 aromatic heterocycles. The number of nitrogens with zero attached hydrogens (tertiary/aromatic N) is 4. The molecule has 2 rings (SSSR count). The minimum atomic E-state index is 0.533. The van der Waals surface area contributed by atoms with Gasteiger partial charge in [-0.25, -0.2) is 4.68 Å². The van der Waals surface area contributed by atoms with E-state index in [0.29, 0.717) is 18.6 Å². The Morgan fingerprint density at radius 2 is 1.71 bits per heavy atom. The molecule has 0 fully saturated rings. The van der Waals surface area contributed by atoms with Gasteiger partial charge in [-0.1, -0.05) is 18.2 Å². The Kier molecular flexibility index (Phi) is 8.05. The van der Waals surface area contributed by atoms with Crippen LogP contribution in [0.2, 0.25) is 0 Å². The topological polar surface area (TPSA) is 57.5 Å². The average Bonchev–Trinajstić information content (AvgIpc) is 2.95. The van der Waals surface area contributed by atoms with Gasteiger partial charge in [0.2, 0.25) is 0 Å². The molecule has 0 radical (unpaired) electrons. The van der Waals surface area contributed by atoms with Crippen molar-refractivity contribution in [3.05, 3.63) is 47.3 Å². The summed E-state index contributed by atoms with van der Waals surface area (Å²) in [6, 6.07) is 11.3. The summed E-state index contributed by atoms with van der Waals surface area (Å²) < 4.78 is 2.01. The third-order valence-corrected chi connectivity index (χ3v) is 5.09. The Labute approximate surface area is 170 Å². The molecule has 0 saturated heterocycles. The third-order valence-electron chi connectivity index (χ3n) is 5.09. The van der Waals surface area contributed by atoms with Crippen LogP contribution in [-0.4, -0.2) is 52.9 Å². The summed E-state index contributed by atoms with van der Waals surface area (Å²) in [5.41, 5.74) is 4.48. The summed E-state index contributed by atoms with van der Waals surface area (Å²) in [5.74, 6) is 0.818. The van der Waals surface area contributed by atoms with E-state index < -0.39 is 0 Å². The van der Waals surface area contributed by atoms with Gasteiger partial charge >= 0.3 is 0 Å². The van der Waals surface area contributed by atoms with Crippen molar-refractivity contribution in [2.75, 3.05) is 20.1 Å². The predicted molar refractivity (Wildman–Crippen MR) is 118 cm³/mol. The Bertz CT molecular complexity index is 753. The van der Waals surface area contributed by atoms with E-state index >= 15 is 0 Å². The summed E-state index contributed by atoms with van der Waals surface area (Å²) in [6.45, 7) is 15.7. The molecule has 6 nitrogen and oxygen atoms in total. The Morgan fingerprint density at radius 3 is 2.29 bits per heavy atom. The molecule has 0 saturated carbocycles. The number of hydrogen-bond donors (Lipinski definition) is 2. The van der Waals surface area contributed by atoms with E-state index in [-0.39, 0.29) is 0 Å². The van der Waals surface area contributed by atoms with Crippen LogP contribution in [0.3, 0.4) is 0 Å². The van der Waals surface area contributed by atoms with Crippen LogP contribution in [0.1, 0.15) is 44.6 Å². The van der Waals surface area contributed by atoms with E-state index in [0.717, 1.165) is 36.1 Å². The van der Waals surface area contributed by atoms with Gasteiger partial charge in [-0.3, -0.25) is 9.89 Å². The molecule has 0 aliphatic carbocycles. The minimum Gasteiger partial charge on any atom is -0.355 e. The Balaban J connectivity index is 1.96. The van der Waals surface area contributed by atoms with Crippen LogP contribution < -0.4 is 10.6 Å². The molecule has 28 heavy (non-hydrogen) atoms. The van der Waals surface area contributed by atoms with Gasteiger partial charge in [0, 0.05) is 50.0 Å². The molecule has 0 aliphatic heterocycles. The molecule has 154 valence electrons. The molecule has 1 aromatic carbocycles. The maximum absolute atomic E-state index is 4.72. The van der Waals surface area contributed by atoms with Crippen LogP contribution in [0.25, 0.3) is 5.69 Å². The lowest BCUT2D eigenvalue weighted by atomic mass is 10.2. The van der Waals surface area contributed by atoms with Gasteiger partial charge in [0.25, 0.3) is 0 Å². The van der Waals surface area contributed by atoms with Crippen molar-refractivity contribution in [1.29, 1.82) is 0 Å². The highest BCUT2D eigenvalue weighted by Crippen LogP contribution is 2.17. The van der Waals surface area contributed by atoms with E-state index in [1.54, 1.807) is 0 Å². The number of guanidine groups is 1. The van der Waals surface area contributed by atoms with Crippen LogP contribution in [0.5, 0.6) is 0 Å². The highest BCUT2D eigenvalue weighted by Gasteiger charge is 2.14. The molecule has 0 atom stereocenters. The zero-order valence-electron chi connectivity index (χ0n) is 18.5. The highest BCUT2D eigenvalue weighted by atomic mass is 15.3. The molecular weight excluding hydrogens is 348 g/mol. The smallest absolute Gasteiger partial charge is 0.191 e. The van der Waals surface area contributed by atoms with E-state index in [1.807, 2.05) is 29.9 Å². The summed E-state index contributed by atoms with van der Waals surface area (Å²) in [6.07, 6.45) is 0. The van der Waals surface area contributed by atoms with E-state index in [1.165, 1.54) is 5.56 Å². The third kappa shape index (κ3) is 5.58. The number of rotatable bonds is 8. The van der Waals surface area contributed by atoms with Crippen LogP contribution >= 0.6 is 0 Å². The van der Waals surface area contributed by atoms with Crippen molar-refractivity contribution in [2.24, 2.45) is 4.99 Å². The maximum atomic E-state index is 4.72. The van der Waals surface area contributed by atoms with Crippen LogP contribution in [0.15, 0.2) is 35.3 Å². The van der Waals surface area contributed by atoms with E-state index in [2.05, 4.69) is 74.2 Å². The second kappa shape index (κ2) is 10.3. The van der Waals surface area contributed by atoms with Gasteiger partial charge in [-0.05, 0) is 53.7 Å². The lowest BCUT2D eigenvalue weighted by Crippen LogP contribution is -2.45. The van der Waals surface area contributed by atoms with Crippen molar-refractivity contribution in [1.82, 2.24) is 25.3 Å². The number of benzene rings is 1. The first kappa shape index (κ1) is 22.0. The zero-order chi connectivity index (χ0) is 20.7. The van der Waals surface area contributed by atoms with Crippen molar-refractivity contribution in [2.45, 2.75) is 60.2 Å². The SMILES string of the molecule is CN=C(NCCN(C(C)C)C(C)C)NCc1c(C)nn(-c2ccccc2)c1C. The first-order valence-electron chi connectivity index (χ1n) is 10.2. The summed E-state index contributed by atoms with van der Waals surface area (Å²) >= 11 is 0. The first-order chi connectivity index (χ1) is 13.3. The van der Waals surface area contributed by atoms with Gasteiger partial charge in [-0.15, -0.1) is 0 Å². The van der Waals surface area contributed by atoms with Crippen LogP contribution in [0.4, 0.5) is 0 Å². The molecule has 0 spiro atoms. The highest BCUT2D eigenvalue weighted by molar-refractivity contribution is 5.79. The molecular formula is C22H36N6. The predicted octanol–water partition coefficient (Wildman–Crippen LogP) is 3.27. The van der Waals surface area contributed by atoms with Crippen LogP contribution in [0, 0.1) is 13.8 Å². The second-order valence-electron chi connectivity index (χ2n) is 7.67. The standard InChI is InChI=1S/C22H36N6/c1-16(2)27(17(3)4)14-13-24-22(23-7)25-15-21-18(5)26-28(19(21)6)20-11-9-8-10-12-20/h8-12,16-17H,13-15H2,1-7H3,(H2,23,24,25). The molecule has 0 amide bonds. The largest absolute Gasteiger partial charge is 0.355 e. The van der Waals surface area contributed by atoms with E-state index in [4.69, 9.17) is 5.10 Å². The van der Waals surface area contributed by atoms with Gasteiger partial charge < -0.3 is 10.6 Å². The lowest BCUT2D eigenvalue weighted by molar-refractivity contribution is 0.178. The minimum absolute atomic E-state index is 0.533. The number of aryl methyl sites for hydroxylation is 1. The average molecular weight is 385 g/mol.